The highest BCUT2D eigenvalue weighted by Crippen LogP contribution is 2.26. The molecule has 1 aromatic carbocycles. The van der Waals surface area contributed by atoms with Crippen LogP contribution < -0.4 is 5.43 Å². The van der Waals surface area contributed by atoms with Gasteiger partial charge < -0.3 is 10.3 Å². The predicted molar refractivity (Wildman–Crippen MR) is 93.4 cm³/mol. The number of rotatable bonds is 4. The van der Waals surface area contributed by atoms with Crippen LogP contribution >= 0.6 is 0 Å². The number of likely N-dealkylation sites (tertiary alicyclic amines) is 1. The zero-order valence-electron chi connectivity index (χ0n) is 13.7. The second-order valence-electron chi connectivity index (χ2n) is 5.51. The largest absolute Gasteiger partial charge is 0.335 e. The fourth-order valence-corrected chi connectivity index (χ4v) is 2.73. The number of ketones is 1. The summed E-state index contributed by atoms with van der Waals surface area (Å²) in [5, 5.41) is 9.13. The van der Waals surface area contributed by atoms with E-state index in [-0.39, 0.29) is 23.7 Å². The van der Waals surface area contributed by atoms with Gasteiger partial charge in [0.05, 0.1) is 11.3 Å². The summed E-state index contributed by atoms with van der Waals surface area (Å²) in [6, 6.07) is 7.35. The SMILES string of the molecule is C=N.C=NNc1ccccc1C(=O)N1C[C@H](C(C)=O)CC[C@H]1C. The van der Waals surface area contributed by atoms with Crippen LogP contribution in [0.25, 0.3) is 0 Å². The third-order valence-corrected chi connectivity index (χ3v) is 4.07. The summed E-state index contributed by atoms with van der Waals surface area (Å²) in [5.74, 6) is 0.0295. The Morgan fingerprint density at radius 2 is 1.96 bits per heavy atom. The molecule has 0 radical (unpaired) electrons. The van der Waals surface area contributed by atoms with Crippen molar-refractivity contribution in [3.8, 4) is 0 Å². The lowest BCUT2D eigenvalue weighted by atomic mass is 9.90. The molecule has 0 spiro atoms. The van der Waals surface area contributed by atoms with Gasteiger partial charge in [-0.3, -0.25) is 15.0 Å². The maximum atomic E-state index is 12.8. The number of hydrogen-bond donors (Lipinski definition) is 2. The maximum Gasteiger partial charge on any atom is 0.256 e. The first-order valence-corrected chi connectivity index (χ1v) is 7.52. The lowest BCUT2D eigenvalue weighted by molar-refractivity contribution is -0.122. The van der Waals surface area contributed by atoms with Crippen molar-refractivity contribution in [2.45, 2.75) is 32.7 Å². The van der Waals surface area contributed by atoms with Gasteiger partial charge >= 0.3 is 0 Å². The maximum absolute atomic E-state index is 12.8. The van der Waals surface area contributed by atoms with Crippen molar-refractivity contribution in [3.63, 3.8) is 0 Å². The molecule has 2 atom stereocenters. The molecule has 0 saturated carbocycles. The summed E-state index contributed by atoms with van der Waals surface area (Å²) in [7, 11) is 0. The topological polar surface area (TPSA) is 85.6 Å². The van der Waals surface area contributed by atoms with Crippen molar-refractivity contribution in [2.75, 3.05) is 12.0 Å². The number of nitrogens with one attached hydrogen (secondary N) is 2. The predicted octanol–water partition coefficient (Wildman–Crippen LogP) is 2.81. The van der Waals surface area contributed by atoms with E-state index in [0.29, 0.717) is 17.8 Å². The quantitative estimate of drug-likeness (QED) is 0.661. The highest BCUT2D eigenvalue weighted by molar-refractivity contribution is 6.00. The molecule has 1 amide bonds. The molecule has 124 valence electrons. The number of Topliss-reactive ketones (excluding diaryl/α,β-unsaturated/α-hetero) is 1. The van der Waals surface area contributed by atoms with E-state index in [1.807, 2.05) is 19.1 Å². The number of carbonyl (C=O) groups is 2. The zero-order valence-corrected chi connectivity index (χ0v) is 13.7. The number of carbonyl (C=O) groups excluding carboxylic acids is 2. The molecule has 0 aliphatic carbocycles. The number of hydrazone groups is 1. The first-order valence-electron chi connectivity index (χ1n) is 7.52. The molecule has 0 aromatic heterocycles. The molecule has 1 saturated heterocycles. The lowest BCUT2D eigenvalue weighted by Crippen LogP contribution is -2.47. The first-order chi connectivity index (χ1) is 11.0. The second-order valence-corrected chi connectivity index (χ2v) is 5.51. The molecule has 2 rings (SSSR count). The van der Waals surface area contributed by atoms with Crippen LogP contribution in [0, 0.1) is 11.3 Å². The molecule has 1 aliphatic heterocycles. The van der Waals surface area contributed by atoms with Crippen molar-refractivity contribution < 1.29 is 9.59 Å². The second kappa shape index (κ2) is 8.82. The van der Waals surface area contributed by atoms with Gasteiger partial charge in [-0.25, -0.2) is 0 Å². The van der Waals surface area contributed by atoms with Gasteiger partial charge in [-0.15, -0.1) is 0 Å². The van der Waals surface area contributed by atoms with Gasteiger partial charge in [-0.1, -0.05) is 12.1 Å². The molecular weight excluding hydrogens is 292 g/mol. The summed E-state index contributed by atoms with van der Waals surface area (Å²) in [5.41, 5.74) is 3.93. The van der Waals surface area contributed by atoms with E-state index in [4.69, 9.17) is 5.41 Å². The number of para-hydroxylation sites is 1. The number of piperidine rings is 1. The van der Waals surface area contributed by atoms with Crippen molar-refractivity contribution >= 4 is 30.8 Å². The number of benzene rings is 1. The van der Waals surface area contributed by atoms with Gasteiger partial charge in [-0.2, -0.15) is 5.10 Å². The van der Waals surface area contributed by atoms with Crippen molar-refractivity contribution in [1.82, 2.24) is 4.90 Å². The van der Waals surface area contributed by atoms with Gasteiger partial charge in [0.2, 0.25) is 0 Å². The van der Waals surface area contributed by atoms with Crippen molar-refractivity contribution in [3.05, 3.63) is 29.8 Å². The molecule has 1 heterocycles. The molecular formula is C17H24N4O2. The number of hydrogen-bond acceptors (Lipinski definition) is 5. The average Bonchev–Trinajstić information content (AvgIpc) is 2.57. The van der Waals surface area contributed by atoms with Gasteiger partial charge in [-0.05, 0) is 45.5 Å². The molecule has 6 nitrogen and oxygen atoms in total. The van der Waals surface area contributed by atoms with Gasteiger partial charge in [0.15, 0.2) is 0 Å². The zero-order chi connectivity index (χ0) is 17.4. The summed E-state index contributed by atoms with van der Waals surface area (Å²) < 4.78 is 0. The van der Waals surface area contributed by atoms with E-state index in [1.54, 1.807) is 24.0 Å². The summed E-state index contributed by atoms with van der Waals surface area (Å²) in [6.07, 6.45) is 1.71. The summed E-state index contributed by atoms with van der Waals surface area (Å²) >= 11 is 0. The fraction of sp³-hybridized carbons (Fsp3) is 0.412. The Bertz CT molecular complexity index is 573. The summed E-state index contributed by atoms with van der Waals surface area (Å²) in [6.45, 7) is 10.0. The normalized spacial score (nSPS) is 20.0. The van der Waals surface area contributed by atoms with Crippen molar-refractivity contribution in [2.24, 2.45) is 11.0 Å². The molecule has 1 fully saturated rings. The fourth-order valence-electron chi connectivity index (χ4n) is 2.73. The minimum absolute atomic E-state index is 0.0530. The highest BCUT2D eigenvalue weighted by Gasteiger charge is 2.32. The van der Waals surface area contributed by atoms with E-state index < -0.39 is 0 Å². The van der Waals surface area contributed by atoms with Gasteiger partial charge in [0.25, 0.3) is 5.91 Å². The van der Waals surface area contributed by atoms with Crippen LogP contribution in [0.1, 0.15) is 37.0 Å². The van der Waals surface area contributed by atoms with Gasteiger partial charge in [0.1, 0.15) is 5.78 Å². The van der Waals surface area contributed by atoms with Crippen LogP contribution in [0.15, 0.2) is 29.4 Å². The first kappa shape index (κ1) is 18.5. The lowest BCUT2D eigenvalue weighted by Gasteiger charge is -2.37. The Balaban J connectivity index is 0.00000127. The number of anilines is 1. The molecule has 1 aliphatic rings. The number of nitrogens with zero attached hydrogens (tertiary/aromatic N) is 2. The van der Waals surface area contributed by atoms with Gasteiger partial charge in [0, 0.05) is 25.2 Å². The molecule has 1 aromatic rings. The van der Waals surface area contributed by atoms with E-state index >= 15 is 0 Å². The van der Waals surface area contributed by atoms with Crippen LogP contribution in [0.5, 0.6) is 0 Å². The Morgan fingerprint density at radius 3 is 2.57 bits per heavy atom. The third kappa shape index (κ3) is 4.48. The van der Waals surface area contributed by atoms with Crippen LogP contribution in [-0.4, -0.2) is 42.6 Å². The minimum Gasteiger partial charge on any atom is -0.335 e. The van der Waals surface area contributed by atoms with E-state index in [9.17, 15) is 9.59 Å². The Morgan fingerprint density at radius 1 is 1.30 bits per heavy atom. The van der Waals surface area contributed by atoms with Crippen LogP contribution in [0.3, 0.4) is 0 Å². The number of amides is 1. The Labute approximate surface area is 137 Å². The monoisotopic (exact) mass is 316 g/mol. The van der Waals surface area contributed by atoms with Crippen LogP contribution in [-0.2, 0) is 4.79 Å². The van der Waals surface area contributed by atoms with Crippen molar-refractivity contribution in [1.29, 1.82) is 5.41 Å². The molecule has 6 heteroatoms. The average molecular weight is 316 g/mol. The van der Waals surface area contributed by atoms with E-state index in [1.165, 1.54) is 0 Å². The molecule has 2 N–H and O–H groups in total. The van der Waals surface area contributed by atoms with E-state index in [2.05, 4.69) is 24.0 Å². The molecule has 23 heavy (non-hydrogen) atoms. The Kier molecular flexibility index (Phi) is 7.12. The molecule has 0 bridgehead atoms. The van der Waals surface area contributed by atoms with Crippen LogP contribution in [0.2, 0.25) is 0 Å². The van der Waals surface area contributed by atoms with E-state index in [0.717, 1.165) is 12.8 Å². The van der Waals surface area contributed by atoms with Crippen LogP contribution in [0.4, 0.5) is 5.69 Å². The highest BCUT2D eigenvalue weighted by atomic mass is 16.2. The smallest absolute Gasteiger partial charge is 0.256 e. The Hall–Kier alpha value is -2.50. The molecule has 0 unspecified atom stereocenters. The standard InChI is InChI=1S/C16H21N3O2.CH3N/c1-11-8-9-13(12(2)20)10-19(11)16(21)14-6-4-5-7-15(14)18-17-3;1-2/h4-7,11,13,18H,3,8-10H2,1-2H3;2H,1H2/t11-,13-;/m1./s1. The summed E-state index contributed by atoms with van der Waals surface area (Å²) in [4.78, 5) is 26.2. The third-order valence-electron chi connectivity index (χ3n) is 4.07. The minimum atomic E-state index is -0.0693.